The number of hydrogen-bond acceptors (Lipinski definition) is 8. The van der Waals surface area contributed by atoms with Gasteiger partial charge in [-0.15, -0.1) is 0 Å². The van der Waals surface area contributed by atoms with E-state index in [9.17, 15) is 38.7 Å². The maximum atomic E-state index is 10.7. The second kappa shape index (κ2) is 14.1. The first-order valence-electron chi connectivity index (χ1n) is 12.6. The van der Waals surface area contributed by atoms with Crippen molar-refractivity contribution in [3.05, 3.63) is 58.1 Å². The summed E-state index contributed by atoms with van der Waals surface area (Å²) in [6, 6.07) is 8.19. The highest BCUT2D eigenvalue weighted by Gasteiger charge is 2.38. The van der Waals surface area contributed by atoms with Crippen LogP contribution in [0.5, 0.6) is 11.5 Å². The molecule has 2 rings (SSSR count). The molecule has 40 heavy (non-hydrogen) atoms. The third kappa shape index (κ3) is 12.1. The predicted molar refractivity (Wildman–Crippen MR) is 144 cm³/mol. The minimum Gasteiger partial charge on any atom is -0.508 e. The number of benzene rings is 2. The molecule has 0 spiro atoms. The SMILES string of the molecule is CC(C)(C)NCC(O)c1ccc(O)c(Cc2cc(C(O)CNC(C)(C)C)cc(CO)c2O)c1.O=C(O)C(F)(F)F. The topological polar surface area (TPSA) is 163 Å². The van der Waals surface area contributed by atoms with Gasteiger partial charge in [-0.2, -0.15) is 13.2 Å². The third-order valence-corrected chi connectivity index (χ3v) is 5.61. The van der Waals surface area contributed by atoms with E-state index in [1.54, 1.807) is 24.3 Å². The van der Waals surface area contributed by atoms with Gasteiger partial charge in [0.05, 0.1) is 18.8 Å². The Bertz CT molecular complexity index is 1130. The van der Waals surface area contributed by atoms with E-state index in [4.69, 9.17) is 9.90 Å². The Morgan fingerprint density at radius 2 is 1.23 bits per heavy atom. The fourth-order valence-electron chi connectivity index (χ4n) is 3.44. The quantitative estimate of drug-likeness (QED) is 0.223. The van der Waals surface area contributed by atoms with E-state index in [2.05, 4.69) is 10.6 Å². The number of β-amino-alcohol motifs (C(OH)–C–C–N with tert-alkyl or cyclic N) is 2. The van der Waals surface area contributed by atoms with Crippen LogP contribution in [0.2, 0.25) is 0 Å². The Kier molecular flexibility index (Phi) is 12.4. The summed E-state index contributed by atoms with van der Waals surface area (Å²) in [7, 11) is 0. The summed E-state index contributed by atoms with van der Waals surface area (Å²) in [5.41, 5.74) is 2.20. The maximum absolute atomic E-state index is 10.7. The van der Waals surface area contributed by atoms with Crippen LogP contribution in [0.3, 0.4) is 0 Å². The molecule has 2 aromatic carbocycles. The fourth-order valence-corrected chi connectivity index (χ4v) is 3.44. The number of aliphatic hydroxyl groups excluding tert-OH is 3. The average molecular weight is 575 g/mol. The number of hydrogen-bond donors (Lipinski definition) is 8. The van der Waals surface area contributed by atoms with Crippen molar-refractivity contribution < 1.29 is 48.6 Å². The number of nitrogens with one attached hydrogen (secondary N) is 2. The first-order chi connectivity index (χ1) is 18.1. The molecule has 0 aliphatic carbocycles. The molecule has 2 atom stereocenters. The van der Waals surface area contributed by atoms with Crippen molar-refractivity contribution in [3.8, 4) is 11.5 Å². The molecule has 0 saturated heterocycles. The molecule has 0 saturated carbocycles. The molecule has 0 aliphatic heterocycles. The molecular formula is C28H41F3N2O7. The van der Waals surface area contributed by atoms with Crippen molar-refractivity contribution in [3.63, 3.8) is 0 Å². The van der Waals surface area contributed by atoms with Gasteiger partial charge < -0.3 is 41.3 Å². The number of alkyl halides is 3. The van der Waals surface area contributed by atoms with Gasteiger partial charge in [-0.25, -0.2) is 4.79 Å². The normalized spacial score (nSPS) is 13.8. The van der Waals surface area contributed by atoms with E-state index in [-0.39, 0.29) is 35.6 Å². The minimum atomic E-state index is -5.08. The van der Waals surface area contributed by atoms with Crippen LogP contribution in [0.4, 0.5) is 13.2 Å². The highest BCUT2D eigenvalue weighted by Crippen LogP contribution is 2.32. The number of rotatable bonds is 9. The van der Waals surface area contributed by atoms with Gasteiger partial charge >= 0.3 is 12.1 Å². The summed E-state index contributed by atoms with van der Waals surface area (Å²) in [5, 5.41) is 65.7. The van der Waals surface area contributed by atoms with Gasteiger partial charge in [0, 0.05) is 36.2 Å². The molecule has 0 bridgehead atoms. The van der Waals surface area contributed by atoms with E-state index in [0.29, 0.717) is 40.9 Å². The van der Waals surface area contributed by atoms with Crippen molar-refractivity contribution in [2.45, 2.75) is 84.0 Å². The lowest BCUT2D eigenvalue weighted by Crippen LogP contribution is -2.38. The summed E-state index contributed by atoms with van der Waals surface area (Å²) >= 11 is 0. The van der Waals surface area contributed by atoms with Crippen LogP contribution in [0.25, 0.3) is 0 Å². The number of phenols is 2. The average Bonchev–Trinajstić information content (AvgIpc) is 2.82. The molecular weight excluding hydrogens is 533 g/mol. The molecule has 0 fully saturated rings. The van der Waals surface area contributed by atoms with E-state index in [1.807, 2.05) is 41.5 Å². The van der Waals surface area contributed by atoms with Crippen LogP contribution in [-0.2, 0) is 17.8 Å². The first-order valence-corrected chi connectivity index (χ1v) is 12.6. The smallest absolute Gasteiger partial charge is 0.490 e. The van der Waals surface area contributed by atoms with E-state index < -0.39 is 24.4 Å². The Balaban J connectivity index is 0.00000101. The molecule has 226 valence electrons. The zero-order valence-electron chi connectivity index (χ0n) is 23.6. The zero-order chi connectivity index (χ0) is 31.1. The van der Waals surface area contributed by atoms with E-state index >= 15 is 0 Å². The number of carboxylic acid groups (broad SMARTS) is 1. The molecule has 0 aliphatic rings. The second-order valence-corrected chi connectivity index (χ2v) is 11.5. The standard InChI is InChI=1S/C26H40N2O5.C2HF3O2/c1-25(2,3)27-13-22(31)16-7-8-21(30)17(9-16)10-19-11-18(12-20(15-29)24(19)33)23(32)14-28-26(4,5)6;3-2(4,5)1(6)7/h7-9,11-12,22-23,27-33H,10,13-15H2,1-6H3;(H,6,7). The molecule has 0 radical (unpaired) electrons. The highest BCUT2D eigenvalue weighted by molar-refractivity contribution is 5.73. The molecule has 9 nitrogen and oxygen atoms in total. The molecule has 2 unspecified atom stereocenters. The van der Waals surface area contributed by atoms with Crippen molar-refractivity contribution in [2.75, 3.05) is 13.1 Å². The minimum absolute atomic E-state index is 0.0417. The molecule has 8 N–H and O–H groups in total. The van der Waals surface area contributed by atoms with Crippen molar-refractivity contribution >= 4 is 5.97 Å². The van der Waals surface area contributed by atoms with Crippen molar-refractivity contribution in [1.29, 1.82) is 0 Å². The lowest BCUT2D eigenvalue weighted by Gasteiger charge is -2.24. The zero-order valence-corrected chi connectivity index (χ0v) is 23.6. The lowest BCUT2D eigenvalue weighted by atomic mass is 9.94. The molecule has 2 aromatic rings. The number of aliphatic hydroxyl groups is 3. The van der Waals surface area contributed by atoms with Crippen LogP contribution >= 0.6 is 0 Å². The largest absolute Gasteiger partial charge is 0.508 e. The van der Waals surface area contributed by atoms with Gasteiger partial charge in [0.25, 0.3) is 0 Å². The van der Waals surface area contributed by atoms with E-state index in [1.165, 1.54) is 6.07 Å². The van der Waals surface area contributed by atoms with Crippen LogP contribution < -0.4 is 10.6 Å². The summed E-state index contributed by atoms with van der Waals surface area (Å²) < 4.78 is 31.7. The summed E-state index contributed by atoms with van der Waals surface area (Å²) in [6.45, 7) is 12.3. The van der Waals surface area contributed by atoms with Crippen LogP contribution in [0, 0.1) is 0 Å². The van der Waals surface area contributed by atoms with Gasteiger partial charge in [-0.3, -0.25) is 0 Å². The van der Waals surface area contributed by atoms with Crippen LogP contribution in [0.15, 0.2) is 30.3 Å². The highest BCUT2D eigenvalue weighted by atomic mass is 19.4. The summed E-state index contributed by atoms with van der Waals surface area (Å²) in [6.07, 6.45) is -6.51. The fraction of sp³-hybridized carbons (Fsp3) is 0.536. The second-order valence-electron chi connectivity index (χ2n) is 11.5. The van der Waals surface area contributed by atoms with Gasteiger partial charge in [0.15, 0.2) is 0 Å². The predicted octanol–water partition coefficient (Wildman–Crippen LogP) is 3.66. The van der Waals surface area contributed by atoms with Crippen LogP contribution in [-0.4, -0.2) is 67.0 Å². The number of phenolic OH excluding ortho intramolecular Hbond substituents is 1. The number of carboxylic acids is 1. The van der Waals surface area contributed by atoms with Gasteiger partial charge in [-0.05, 0) is 88.1 Å². The van der Waals surface area contributed by atoms with Crippen LogP contribution in [0.1, 0.15) is 81.6 Å². The van der Waals surface area contributed by atoms with Crippen molar-refractivity contribution in [2.24, 2.45) is 0 Å². The summed E-state index contributed by atoms with van der Waals surface area (Å²) in [4.78, 5) is 8.90. The third-order valence-electron chi connectivity index (χ3n) is 5.61. The van der Waals surface area contributed by atoms with Gasteiger partial charge in [-0.1, -0.05) is 6.07 Å². The number of halogens is 3. The number of carbonyl (C=O) groups is 1. The first kappa shape index (κ1) is 35.1. The lowest BCUT2D eigenvalue weighted by molar-refractivity contribution is -0.192. The van der Waals surface area contributed by atoms with Gasteiger partial charge in [0.1, 0.15) is 11.5 Å². The summed E-state index contributed by atoms with van der Waals surface area (Å²) in [5.74, 6) is -2.79. The monoisotopic (exact) mass is 574 g/mol. The Morgan fingerprint density at radius 1 is 0.800 bits per heavy atom. The Labute approximate surface area is 232 Å². The molecule has 12 heteroatoms. The number of aliphatic carboxylic acids is 1. The molecule has 0 aromatic heterocycles. The van der Waals surface area contributed by atoms with E-state index in [0.717, 1.165) is 0 Å². The molecule has 0 heterocycles. The maximum Gasteiger partial charge on any atom is 0.490 e. The Hall–Kier alpha value is -2.90. The molecule has 0 amide bonds. The van der Waals surface area contributed by atoms with Gasteiger partial charge in [0.2, 0.25) is 0 Å². The van der Waals surface area contributed by atoms with Crippen molar-refractivity contribution in [1.82, 2.24) is 10.6 Å². The number of aromatic hydroxyl groups is 2. The Morgan fingerprint density at radius 3 is 1.65 bits per heavy atom.